The summed E-state index contributed by atoms with van der Waals surface area (Å²) in [4.78, 5) is 4.40. The van der Waals surface area contributed by atoms with Crippen molar-refractivity contribution in [1.82, 2.24) is 24.9 Å². The maximum atomic E-state index is 13.7. The van der Waals surface area contributed by atoms with Gasteiger partial charge in [0.1, 0.15) is 6.61 Å². The van der Waals surface area contributed by atoms with Crippen LogP contribution in [0.3, 0.4) is 0 Å². The molecule has 0 unspecified atom stereocenters. The van der Waals surface area contributed by atoms with E-state index >= 15 is 0 Å². The van der Waals surface area contributed by atoms with Crippen LogP contribution in [0.15, 0.2) is 63.4 Å². The zero-order valence-electron chi connectivity index (χ0n) is 15.2. The molecule has 0 aliphatic carbocycles. The fourth-order valence-corrected chi connectivity index (χ4v) is 3.93. The lowest BCUT2D eigenvalue weighted by atomic mass is 10.3. The molecule has 29 heavy (non-hydrogen) atoms. The first-order chi connectivity index (χ1) is 14.2. The highest BCUT2D eigenvalue weighted by Crippen LogP contribution is 2.25. The van der Waals surface area contributed by atoms with Gasteiger partial charge in [0, 0.05) is 11.9 Å². The smallest absolute Gasteiger partial charge is 0.258 e. The van der Waals surface area contributed by atoms with Crippen molar-refractivity contribution in [2.45, 2.75) is 24.1 Å². The van der Waals surface area contributed by atoms with Crippen LogP contribution in [0.5, 0.6) is 5.75 Å². The summed E-state index contributed by atoms with van der Waals surface area (Å²) in [5.74, 6) is 1.85. The number of hydrogen-bond acceptors (Lipinski definition) is 8. The van der Waals surface area contributed by atoms with Crippen LogP contribution in [-0.4, -0.2) is 24.9 Å². The highest BCUT2D eigenvalue weighted by molar-refractivity contribution is 7.98. The van der Waals surface area contributed by atoms with E-state index in [4.69, 9.17) is 9.26 Å². The number of thiophene rings is 1. The number of hydrogen-bond donors (Lipinski definition) is 0. The standard InChI is InChI=1S/C19H16FN5O2S2/c1-2-8-25-17(10-26-15-6-4-3-5-14(15)20)22-23-19(25)29-12-16-21-18(27-24-16)13-7-9-28-11-13/h2-7,9,11H,1,8,10,12H2. The van der Waals surface area contributed by atoms with Crippen molar-refractivity contribution in [3.05, 3.63) is 71.2 Å². The summed E-state index contributed by atoms with van der Waals surface area (Å²) >= 11 is 2.99. The molecule has 0 radical (unpaired) electrons. The van der Waals surface area contributed by atoms with E-state index in [0.717, 1.165) is 5.56 Å². The first kappa shape index (κ1) is 19.3. The topological polar surface area (TPSA) is 78.9 Å². The van der Waals surface area contributed by atoms with Gasteiger partial charge in [-0.05, 0) is 23.6 Å². The lowest BCUT2D eigenvalue weighted by Crippen LogP contribution is -2.08. The first-order valence-corrected chi connectivity index (χ1v) is 10.6. The average Bonchev–Trinajstić information content (AvgIpc) is 3.47. The van der Waals surface area contributed by atoms with E-state index in [1.54, 1.807) is 35.6 Å². The van der Waals surface area contributed by atoms with Gasteiger partial charge in [-0.2, -0.15) is 16.3 Å². The van der Waals surface area contributed by atoms with E-state index in [0.29, 0.717) is 35.0 Å². The van der Waals surface area contributed by atoms with Gasteiger partial charge in [-0.1, -0.05) is 35.1 Å². The van der Waals surface area contributed by atoms with Gasteiger partial charge in [0.05, 0.1) is 11.3 Å². The number of rotatable bonds is 9. The molecule has 7 nitrogen and oxygen atoms in total. The number of allylic oxidation sites excluding steroid dienone is 1. The zero-order valence-corrected chi connectivity index (χ0v) is 16.8. The normalized spacial score (nSPS) is 10.9. The number of nitrogens with zero attached hydrogens (tertiary/aromatic N) is 5. The summed E-state index contributed by atoms with van der Waals surface area (Å²) < 4.78 is 26.5. The van der Waals surface area contributed by atoms with Gasteiger partial charge in [-0.15, -0.1) is 16.8 Å². The van der Waals surface area contributed by atoms with Crippen molar-refractivity contribution in [3.63, 3.8) is 0 Å². The van der Waals surface area contributed by atoms with Crippen LogP contribution in [0.1, 0.15) is 11.6 Å². The van der Waals surface area contributed by atoms with Crippen LogP contribution in [0.2, 0.25) is 0 Å². The van der Waals surface area contributed by atoms with E-state index in [-0.39, 0.29) is 12.4 Å². The molecule has 0 amide bonds. The Labute approximate surface area is 174 Å². The second-order valence-corrected chi connectivity index (χ2v) is 7.56. The molecule has 0 spiro atoms. The van der Waals surface area contributed by atoms with Crippen LogP contribution < -0.4 is 4.74 Å². The van der Waals surface area contributed by atoms with Gasteiger partial charge in [-0.3, -0.25) is 4.57 Å². The highest BCUT2D eigenvalue weighted by atomic mass is 32.2. The predicted molar refractivity (Wildman–Crippen MR) is 108 cm³/mol. The molecule has 0 fully saturated rings. The summed E-state index contributed by atoms with van der Waals surface area (Å²) in [6, 6.07) is 8.17. The Morgan fingerprint density at radius 2 is 2.17 bits per heavy atom. The molecule has 1 aromatic carbocycles. The fraction of sp³-hybridized carbons (Fsp3) is 0.158. The largest absolute Gasteiger partial charge is 0.483 e. The molecule has 3 aromatic heterocycles. The van der Waals surface area contributed by atoms with Crippen molar-refractivity contribution < 1.29 is 13.7 Å². The minimum Gasteiger partial charge on any atom is -0.483 e. The first-order valence-electron chi connectivity index (χ1n) is 8.63. The Balaban J connectivity index is 1.43. The Kier molecular flexibility index (Phi) is 6.01. The molecule has 0 bridgehead atoms. The molecule has 4 rings (SSSR count). The summed E-state index contributed by atoms with van der Waals surface area (Å²) in [6.45, 7) is 4.36. The molecule has 0 saturated heterocycles. The summed E-state index contributed by atoms with van der Waals surface area (Å²) in [7, 11) is 0. The van der Waals surface area contributed by atoms with Crippen LogP contribution in [0, 0.1) is 5.82 Å². The number of para-hydroxylation sites is 1. The van der Waals surface area contributed by atoms with E-state index in [1.165, 1.54) is 17.8 Å². The number of aromatic nitrogens is 5. The summed E-state index contributed by atoms with van der Waals surface area (Å²) in [5, 5.41) is 17.0. The third-order valence-corrected chi connectivity index (χ3v) is 5.51. The lowest BCUT2D eigenvalue weighted by molar-refractivity contribution is 0.275. The number of benzene rings is 1. The van der Waals surface area contributed by atoms with Crippen molar-refractivity contribution in [2.24, 2.45) is 0 Å². The predicted octanol–water partition coefficient (Wildman–Crippen LogP) is 4.59. The SMILES string of the molecule is C=CCn1c(COc2ccccc2F)nnc1SCc1noc(-c2ccsc2)n1. The Morgan fingerprint density at radius 3 is 2.97 bits per heavy atom. The molecule has 3 heterocycles. The van der Waals surface area contributed by atoms with E-state index in [1.807, 2.05) is 21.4 Å². The van der Waals surface area contributed by atoms with Crippen LogP contribution >= 0.6 is 23.1 Å². The van der Waals surface area contributed by atoms with Gasteiger partial charge in [0.2, 0.25) is 0 Å². The Bertz CT molecular complexity index is 1090. The van der Waals surface area contributed by atoms with Crippen molar-refractivity contribution >= 4 is 23.1 Å². The maximum absolute atomic E-state index is 13.7. The van der Waals surface area contributed by atoms with Crippen LogP contribution in [-0.2, 0) is 18.9 Å². The van der Waals surface area contributed by atoms with Crippen molar-refractivity contribution in [1.29, 1.82) is 0 Å². The summed E-state index contributed by atoms with van der Waals surface area (Å²) in [6.07, 6.45) is 1.74. The summed E-state index contributed by atoms with van der Waals surface area (Å²) in [5.41, 5.74) is 0.904. The van der Waals surface area contributed by atoms with Crippen molar-refractivity contribution in [2.75, 3.05) is 0 Å². The second kappa shape index (κ2) is 9.01. The molecule has 0 aliphatic rings. The third kappa shape index (κ3) is 4.54. The molecule has 4 aromatic rings. The van der Waals surface area contributed by atoms with E-state index in [2.05, 4.69) is 26.9 Å². The van der Waals surface area contributed by atoms with Crippen LogP contribution in [0.25, 0.3) is 11.5 Å². The van der Waals surface area contributed by atoms with Crippen molar-refractivity contribution in [3.8, 4) is 17.2 Å². The molecule has 0 N–H and O–H groups in total. The van der Waals surface area contributed by atoms with E-state index < -0.39 is 5.82 Å². The minimum atomic E-state index is -0.421. The van der Waals surface area contributed by atoms with Gasteiger partial charge in [0.15, 0.2) is 28.4 Å². The number of halogens is 1. The molecular formula is C19H16FN5O2S2. The van der Waals surface area contributed by atoms with Crippen LogP contribution in [0.4, 0.5) is 4.39 Å². The highest BCUT2D eigenvalue weighted by Gasteiger charge is 2.15. The van der Waals surface area contributed by atoms with Gasteiger partial charge in [0.25, 0.3) is 5.89 Å². The molecule has 10 heteroatoms. The fourth-order valence-electron chi connectivity index (χ4n) is 2.49. The van der Waals surface area contributed by atoms with Gasteiger partial charge >= 0.3 is 0 Å². The zero-order chi connectivity index (χ0) is 20.1. The Hall–Kier alpha value is -2.98. The van der Waals surface area contributed by atoms with Gasteiger partial charge in [-0.25, -0.2) is 4.39 Å². The average molecular weight is 430 g/mol. The van der Waals surface area contributed by atoms with E-state index in [9.17, 15) is 4.39 Å². The number of thioether (sulfide) groups is 1. The molecule has 0 atom stereocenters. The molecular weight excluding hydrogens is 413 g/mol. The molecule has 0 saturated carbocycles. The Morgan fingerprint density at radius 1 is 1.28 bits per heavy atom. The maximum Gasteiger partial charge on any atom is 0.258 e. The third-order valence-electron chi connectivity index (χ3n) is 3.87. The second-order valence-electron chi connectivity index (χ2n) is 5.83. The quantitative estimate of drug-likeness (QED) is 0.284. The van der Waals surface area contributed by atoms with Gasteiger partial charge < -0.3 is 9.26 Å². The monoisotopic (exact) mass is 429 g/mol. The minimum absolute atomic E-state index is 0.0901. The number of ether oxygens (including phenoxy) is 1. The molecule has 148 valence electrons. The lowest BCUT2D eigenvalue weighted by Gasteiger charge is -2.09. The molecule has 0 aliphatic heterocycles.